The SMILES string of the molecule is O=C(c1ccccc1[N+](=O)[O-])N(c1ccccc1[N+](=O)[O-])[N+](=O)[O-]. The Morgan fingerprint density at radius 3 is 1.83 bits per heavy atom. The van der Waals surface area contributed by atoms with Gasteiger partial charge < -0.3 is 0 Å². The van der Waals surface area contributed by atoms with E-state index in [0.29, 0.717) is 0 Å². The number of amides is 1. The standard InChI is InChI=1S/C13H8N4O7/c18-13(9-5-1-2-6-10(9)15(19)20)14(17(23)24)11-7-3-4-8-12(11)16(21)22/h1-8H. The Morgan fingerprint density at radius 1 is 0.792 bits per heavy atom. The molecule has 0 bridgehead atoms. The van der Waals surface area contributed by atoms with Crippen molar-refractivity contribution in [1.29, 1.82) is 0 Å². The van der Waals surface area contributed by atoms with E-state index in [9.17, 15) is 35.1 Å². The molecule has 2 aromatic rings. The maximum atomic E-state index is 12.4. The average molecular weight is 332 g/mol. The van der Waals surface area contributed by atoms with Gasteiger partial charge in [0.2, 0.25) is 0 Å². The third-order valence-corrected chi connectivity index (χ3v) is 2.99. The molecule has 11 heteroatoms. The minimum absolute atomic E-state index is 0.0829. The first-order valence-electron chi connectivity index (χ1n) is 6.30. The van der Waals surface area contributed by atoms with Crippen LogP contribution in [0.15, 0.2) is 48.5 Å². The summed E-state index contributed by atoms with van der Waals surface area (Å²) >= 11 is 0. The van der Waals surface area contributed by atoms with Gasteiger partial charge in [0.1, 0.15) is 5.56 Å². The molecule has 2 rings (SSSR count). The Bertz CT molecular complexity index is 852. The van der Waals surface area contributed by atoms with E-state index in [2.05, 4.69) is 0 Å². The van der Waals surface area contributed by atoms with Crippen LogP contribution in [-0.2, 0) is 0 Å². The minimum Gasteiger partial charge on any atom is -0.262 e. The highest BCUT2D eigenvalue weighted by molar-refractivity contribution is 6.08. The largest absolute Gasteiger partial charge is 0.327 e. The zero-order valence-electron chi connectivity index (χ0n) is 11.8. The zero-order chi connectivity index (χ0) is 17.9. The van der Waals surface area contributed by atoms with Crippen molar-refractivity contribution in [2.45, 2.75) is 0 Å². The molecule has 1 amide bonds. The zero-order valence-corrected chi connectivity index (χ0v) is 11.8. The van der Waals surface area contributed by atoms with Gasteiger partial charge in [-0.2, -0.15) is 0 Å². The highest BCUT2D eigenvalue weighted by Crippen LogP contribution is 2.30. The number of carbonyl (C=O) groups excluding carboxylic acids is 1. The van der Waals surface area contributed by atoms with E-state index >= 15 is 0 Å². The minimum atomic E-state index is -1.36. The molecule has 11 nitrogen and oxygen atoms in total. The van der Waals surface area contributed by atoms with Gasteiger partial charge in [0.25, 0.3) is 11.4 Å². The van der Waals surface area contributed by atoms with Crippen LogP contribution in [0.5, 0.6) is 0 Å². The Labute approximate surface area is 133 Å². The van der Waals surface area contributed by atoms with Crippen molar-refractivity contribution in [3.8, 4) is 0 Å². The third-order valence-electron chi connectivity index (χ3n) is 2.99. The Morgan fingerprint density at radius 2 is 1.29 bits per heavy atom. The van der Waals surface area contributed by atoms with Crippen molar-refractivity contribution >= 4 is 23.0 Å². The summed E-state index contributed by atoms with van der Waals surface area (Å²) in [6.07, 6.45) is 0. The van der Waals surface area contributed by atoms with Gasteiger partial charge in [-0.15, -0.1) is 0 Å². The quantitative estimate of drug-likeness (QED) is 0.602. The smallest absolute Gasteiger partial charge is 0.262 e. The molecule has 0 unspecified atom stereocenters. The number of rotatable bonds is 5. The van der Waals surface area contributed by atoms with Gasteiger partial charge in [0.15, 0.2) is 10.7 Å². The summed E-state index contributed by atoms with van der Waals surface area (Å²) in [5, 5.41) is 32.0. The summed E-state index contributed by atoms with van der Waals surface area (Å²) in [6, 6.07) is 9.15. The normalized spacial score (nSPS) is 10.0. The fraction of sp³-hybridized carbons (Fsp3) is 0. The van der Waals surface area contributed by atoms with E-state index < -0.39 is 43.4 Å². The Hall–Kier alpha value is -3.89. The summed E-state index contributed by atoms with van der Waals surface area (Å²) in [6.45, 7) is 0. The van der Waals surface area contributed by atoms with E-state index in [0.717, 1.165) is 24.3 Å². The summed E-state index contributed by atoms with van der Waals surface area (Å²) in [4.78, 5) is 44.0. The molecule has 0 aliphatic rings. The third kappa shape index (κ3) is 2.99. The summed E-state index contributed by atoms with van der Waals surface area (Å²) in [5.41, 5.74) is -2.48. The molecule has 0 heterocycles. The molecule has 0 N–H and O–H groups in total. The molecule has 0 fully saturated rings. The van der Waals surface area contributed by atoms with E-state index in [1.165, 1.54) is 24.3 Å². The molecule has 0 aliphatic heterocycles. The van der Waals surface area contributed by atoms with E-state index in [-0.39, 0.29) is 5.01 Å². The number of hydrogen-bond acceptors (Lipinski definition) is 7. The first-order valence-corrected chi connectivity index (χ1v) is 6.30. The summed E-state index contributed by atoms with van der Waals surface area (Å²) in [5.74, 6) is -1.36. The van der Waals surface area contributed by atoms with Gasteiger partial charge in [0, 0.05) is 12.1 Å². The number of para-hydroxylation sites is 3. The van der Waals surface area contributed by atoms with Crippen molar-refractivity contribution in [2.24, 2.45) is 0 Å². The number of hydrogen-bond donors (Lipinski definition) is 0. The van der Waals surface area contributed by atoms with Gasteiger partial charge >= 0.3 is 5.91 Å². The number of nitro benzene ring substituents is 2. The maximum absolute atomic E-state index is 12.4. The van der Waals surface area contributed by atoms with Crippen molar-refractivity contribution in [3.05, 3.63) is 84.4 Å². The van der Waals surface area contributed by atoms with Crippen LogP contribution in [-0.4, -0.2) is 20.8 Å². The number of nitro groups is 3. The molecule has 0 aliphatic carbocycles. The molecular weight excluding hydrogens is 324 g/mol. The van der Waals surface area contributed by atoms with Crippen LogP contribution in [0.3, 0.4) is 0 Å². The maximum Gasteiger partial charge on any atom is 0.327 e. The molecule has 0 saturated heterocycles. The van der Waals surface area contributed by atoms with Crippen LogP contribution >= 0.6 is 0 Å². The Kier molecular flexibility index (Phi) is 4.45. The molecule has 0 saturated carbocycles. The van der Waals surface area contributed by atoms with Crippen molar-refractivity contribution < 1.29 is 19.7 Å². The average Bonchev–Trinajstić information content (AvgIpc) is 2.54. The van der Waals surface area contributed by atoms with Crippen LogP contribution in [0, 0.1) is 30.3 Å². The topological polar surface area (TPSA) is 150 Å². The summed E-state index contributed by atoms with van der Waals surface area (Å²) < 4.78 is 0. The van der Waals surface area contributed by atoms with Crippen LogP contribution < -0.4 is 5.01 Å². The lowest BCUT2D eigenvalue weighted by Gasteiger charge is -2.12. The lowest BCUT2D eigenvalue weighted by Crippen LogP contribution is -2.37. The van der Waals surface area contributed by atoms with Crippen molar-refractivity contribution in [3.63, 3.8) is 0 Å². The van der Waals surface area contributed by atoms with E-state index in [4.69, 9.17) is 0 Å². The number of nitrogens with zero attached hydrogens (tertiary/aromatic N) is 4. The molecule has 0 spiro atoms. The first kappa shape index (κ1) is 16.5. The monoisotopic (exact) mass is 332 g/mol. The molecule has 0 atom stereocenters. The van der Waals surface area contributed by atoms with E-state index in [1.54, 1.807) is 0 Å². The van der Waals surface area contributed by atoms with Crippen LogP contribution in [0.2, 0.25) is 0 Å². The molecule has 122 valence electrons. The summed E-state index contributed by atoms with van der Waals surface area (Å²) in [7, 11) is 0. The molecule has 0 aromatic heterocycles. The van der Waals surface area contributed by atoms with Crippen LogP contribution in [0.4, 0.5) is 17.1 Å². The van der Waals surface area contributed by atoms with Gasteiger partial charge in [-0.3, -0.25) is 25.0 Å². The van der Waals surface area contributed by atoms with Crippen molar-refractivity contribution in [1.82, 2.24) is 0 Å². The fourth-order valence-corrected chi connectivity index (χ4v) is 2.00. The molecular formula is C13H8N4O7. The second-order valence-corrected chi connectivity index (χ2v) is 4.37. The van der Waals surface area contributed by atoms with Gasteiger partial charge in [0.05, 0.1) is 9.85 Å². The Balaban J connectivity index is 2.62. The molecule has 2 aromatic carbocycles. The van der Waals surface area contributed by atoms with Gasteiger partial charge in [-0.25, -0.2) is 10.1 Å². The van der Waals surface area contributed by atoms with Gasteiger partial charge in [-0.05, 0) is 17.1 Å². The van der Waals surface area contributed by atoms with E-state index in [1.807, 2.05) is 0 Å². The molecule has 0 radical (unpaired) electrons. The number of carbonyl (C=O) groups is 1. The number of benzene rings is 2. The van der Waals surface area contributed by atoms with Crippen LogP contribution in [0.25, 0.3) is 0 Å². The highest BCUT2D eigenvalue weighted by atomic mass is 16.7. The van der Waals surface area contributed by atoms with Crippen LogP contribution in [0.1, 0.15) is 10.4 Å². The second-order valence-electron chi connectivity index (χ2n) is 4.37. The fourth-order valence-electron chi connectivity index (χ4n) is 2.00. The predicted molar refractivity (Wildman–Crippen MR) is 80.0 cm³/mol. The predicted octanol–water partition coefficient (Wildman–Crippen LogP) is 2.34. The first-order chi connectivity index (χ1) is 11.3. The lowest BCUT2D eigenvalue weighted by atomic mass is 10.1. The van der Waals surface area contributed by atoms with Gasteiger partial charge in [-0.1, -0.05) is 24.3 Å². The lowest BCUT2D eigenvalue weighted by molar-refractivity contribution is -0.483. The number of anilines is 1. The van der Waals surface area contributed by atoms with Crippen molar-refractivity contribution in [2.75, 3.05) is 5.01 Å². The second kappa shape index (κ2) is 6.48. The number of hydrazine groups is 1. The highest BCUT2D eigenvalue weighted by Gasteiger charge is 2.37. The molecule has 24 heavy (non-hydrogen) atoms.